The lowest BCUT2D eigenvalue weighted by molar-refractivity contribution is 0.0725. The van der Waals surface area contributed by atoms with Gasteiger partial charge >= 0.3 is 0 Å². The molecule has 0 aliphatic carbocycles. The Hall–Kier alpha value is -2.36. The summed E-state index contributed by atoms with van der Waals surface area (Å²) in [5.74, 6) is 0.100. The quantitative estimate of drug-likeness (QED) is 0.928. The highest BCUT2D eigenvalue weighted by Crippen LogP contribution is 2.20. The van der Waals surface area contributed by atoms with Gasteiger partial charge in [0.05, 0.1) is 12.2 Å². The minimum absolute atomic E-state index is 0.100. The molecule has 20 heavy (non-hydrogen) atoms. The maximum absolute atomic E-state index is 12.5. The molecule has 0 saturated heterocycles. The van der Waals surface area contributed by atoms with E-state index in [2.05, 4.69) is 10.3 Å². The largest absolute Gasteiger partial charge is 0.388 e. The topological polar surface area (TPSA) is 45.2 Å². The van der Waals surface area contributed by atoms with Gasteiger partial charge in [0.2, 0.25) is 0 Å². The van der Waals surface area contributed by atoms with Gasteiger partial charge in [0, 0.05) is 31.0 Å². The number of benzene rings is 1. The van der Waals surface area contributed by atoms with Crippen molar-refractivity contribution in [3.8, 4) is 0 Å². The second-order valence-corrected chi connectivity index (χ2v) is 4.92. The number of anilines is 1. The third-order valence-electron chi connectivity index (χ3n) is 3.64. The fourth-order valence-corrected chi connectivity index (χ4v) is 2.54. The van der Waals surface area contributed by atoms with Crippen LogP contribution in [0.5, 0.6) is 0 Å². The molecule has 0 radical (unpaired) electrons. The highest BCUT2D eigenvalue weighted by molar-refractivity contribution is 5.96. The van der Waals surface area contributed by atoms with Gasteiger partial charge in [-0.3, -0.25) is 9.78 Å². The van der Waals surface area contributed by atoms with Crippen LogP contribution in [0.3, 0.4) is 0 Å². The predicted octanol–water partition coefficient (Wildman–Crippen LogP) is 2.32. The standard InChI is InChI=1S/C16H17N3O/c1-17-13-6-8-18-14(10-13)11-19-9-7-12-4-2-3-5-15(12)16(19)20/h2-6,8,10H,7,9,11H2,1H3,(H,17,18). The van der Waals surface area contributed by atoms with Gasteiger partial charge in [-0.2, -0.15) is 0 Å². The van der Waals surface area contributed by atoms with E-state index in [4.69, 9.17) is 0 Å². The van der Waals surface area contributed by atoms with Crippen molar-refractivity contribution in [2.24, 2.45) is 0 Å². The van der Waals surface area contributed by atoms with E-state index in [1.807, 2.05) is 48.3 Å². The fourth-order valence-electron chi connectivity index (χ4n) is 2.54. The van der Waals surface area contributed by atoms with Gasteiger partial charge in [0.1, 0.15) is 0 Å². The molecule has 1 amide bonds. The van der Waals surface area contributed by atoms with Crippen LogP contribution in [0.2, 0.25) is 0 Å². The van der Waals surface area contributed by atoms with Crippen molar-refractivity contribution in [3.05, 3.63) is 59.4 Å². The Bertz CT molecular complexity index is 639. The SMILES string of the molecule is CNc1ccnc(CN2CCc3ccccc3C2=O)c1. The molecule has 1 aromatic carbocycles. The monoisotopic (exact) mass is 267 g/mol. The minimum Gasteiger partial charge on any atom is -0.388 e. The molecule has 1 N–H and O–H groups in total. The summed E-state index contributed by atoms with van der Waals surface area (Å²) >= 11 is 0. The first-order chi connectivity index (χ1) is 9.78. The number of nitrogens with zero attached hydrogens (tertiary/aromatic N) is 2. The zero-order chi connectivity index (χ0) is 13.9. The zero-order valence-corrected chi connectivity index (χ0v) is 11.5. The number of fused-ring (bicyclic) bond motifs is 1. The lowest BCUT2D eigenvalue weighted by Crippen LogP contribution is -2.37. The van der Waals surface area contributed by atoms with Crippen LogP contribution in [-0.2, 0) is 13.0 Å². The van der Waals surface area contributed by atoms with Crippen LogP contribution < -0.4 is 5.32 Å². The molecule has 2 aromatic rings. The van der Waals surface area contributed by atoms with E-state index >= 15 is 0 Å². The van der Waals surface area contributed by atoms with E-state index < -0.39 is 0 Å². The van der Waals surface area contributed by atoms with Gasteiger partial charge in [0.15, 0.2) is 0 Å². The van der Waals surface area contributed by atoms with E-state index in [1.165, 1.54) is 0 Å². The molecule has 0 unspecified atom stereocenters. The smallest absolute Gasteiger partial charge is 0.254 e. The molecule has 1 aromatic heterocycles. The fraction of sp³-hybridized carbons (Fsp3) is 0.250. The summed E-state index contributed by atoms with van der Waals surface area (Å²) in [4.78, 5) is 18.7. The first-order valence-electron chi connectivity index (χ1n) is 6.78. The van der Waals surface area contributed by atoms with Crippen LogP contribution in [0.15, 0.2) is 42.6 Å². The minimum atomic E-state index is 0.100. The Morgan fingerprint density at radius 2 is 2.15 bits per heavy atom. The molecule has 0 fully saturated rings. The van der Waals surface area contributed by atoms with Gasteiger partial charge in [0.25, 0.3) is 5.91 Å². The van der Waals surface area contributed by atoms with E-state index in [-0.39, 0.29) is 5.91 Å². The van der Waals surface area contributed by atoms with E-state index in [0.29, 0.717) is 6.54 Å². The predicted molar refractivity (Wildman–Crippen MR) is 78.7 cm³/mol. The highest BCUT2D eigenvalue weighted by atomic mass is 16.2. The summed E-state index contributed by atoms with van der Waals surface area (Å²) in [6, 6.07) is 11.7. The Balaban J connectivity index is 1.81. The number of pyridine rings is 1. The van der Waals surface area contributed by atoms with Crippen LogP contribution in [0.1, 0.15) is 21.6 Å². The van der Waals surface area contributed by atoms with Crippen LogP contribution in [0, 0.1) is 0 Å². The molecule has 3 rings (SSSR count). The van der Waals surface area contributed by atoms with Gasteiger partial charge in [-0.05, 0) is 30.2 Å². The molecular formula is C16H17N3O. The Labute approximate surface area is 118 Å². The van der Waals surface area contributed by atoms with Crippen molar-refractivity contribution in [2.75, 3.05) is 18.9 Å². The lowest BCUT2D eigenvalue weighted by atomic mass is 9.99. The number of amides is 1. The van der Waals surface area contributed by atoms with Crippen molar-refractivity contribution < 1.29 is 4.79 Å². The summed E-state index contributed by atoms with van der Waals surface area (Å²) in [5.41, 5.74) is 3.89. The van der Waals surface area contributed by atoms with Gasteiger partial charge in [-0.1, -0.05) is 18.2 Å². The average Bonchev–Trinajstić information content (AvgIpc) is 2.50. The normalized spacial score (nSPS) is 14.1. The van der Waals surface area contributed by atoms with Crippen LogP contribution in [0.4, 0.5) is 5.69 Å². The van der Waals surface area contributed by atoms with Crippen LogP contribution in [0.25, 0.3) is 0 Å². The first-order valence-corrected chi connectivity index (χ1v) is 6.78. The summed E-state index contributed by atoms with van der Waals surface area (Å²) in [6.45, 7) is 1.31. The van der Waals surface area contributed by atoms with Crippen LogP contribution in [-0.4, -0.2) is 29.4 Å². The van der Waals surface area contributed by atoms with Gasteiger partial charge < -0.3 is 10.2 Å². The third kappa shape index (κ3) is 2.37. The van der Waals surface area contributed by atoms with Crippen molar-refractivity contribution in [1.29, 1.82) is 0 Å². The summed E-state index contributed by atoms with van der Waals surface area (Å²) in [5, 5.41) is 3.09. The molecular weight excluding hydrogens is 250 g/mol. The lowest BCUT2D eigenvalue weighted by Gasteiger charge is -2.28. The molecule has 1 aliphatic heterocycles. The average molecular weight is 267 g/mol. The van der Waals surface area contributed by atoms with Crippen molar-refractivity contribution in [2.45, 2.75) is 13.0 Å². The summed E-state index contributed by atoms with van der Waals surface area (Å²) < 4.78 is 0. The van der Waals surface area contributed by atoms with Gasteiger partial charge in [-0.15, -0.1) is 0 Å². The molecule has 4 heteroatoms. The third-order valence-corrected chi connectivity index (χ3v) is 3.64. The number of carbonyl (C=O) groups excluding carboxylic acids is 1. The maximum atomic E-state index is 12.5. The Morgan fingerprint density at radius 3 is 3.00 bits per heavy atom. The number of rotatable bonds is 3. The van der Waals surface area contributed by atoms with Crippen molar-refractivity contribution in [1.82, 2.24) is 9.88 Å². The number of hydrogen-bond acceptors (Lipinski definition) is 3. The first kappa shape index (κ1) is 12.7. The molecule has 0 atom stereocenters. The van der Waals surface area contributed by atoms with Crippen LogP contribution >= 0.6 is 0 Å². The number of carbonyl (C=O) groups is 1. The van der Waals surface area contributed by atoms with E-state index in [0.717, 1.165) is 35.5 Å². The molecule has 0 spiro atoms. The summed E-state index contributed by atoms with van der Waals surface area (Å²) in [7, 11) is 1.88. The second kappa shape index (κ2) is 5.33. The summed E-state index contributed by atoms with van der Waals surface area (Å²) in [6.07, 6.45) is 2.68. The molecule has 0 saturated carbocycles. The van der Waals surface area contributed by atoms with E-state index in [9.17, 15) is 4.79 Å². The molecule has 102 valence electrons. The van der Waals surface area contributed by atoms with Crippen molar-refractivity contribution in [3.63, 3.8) is 0 Å². The Kier molecular flexibility index (Phi) is 3.37. The number of aromatic nitrogens is 1. The Morgan fingerprint density at radius 1 is 1.30 bits per heavy atom. The maximum Gasteiger partial charge on any atom is 0.254 e. The molecule has 4 nitrogen and oxygen atoms in total. The second-order valence-electron chi connectivity index (χ2n) is 4.92. The van der Waals surface area contributed by atoms with Gasteiger partial charge in [-0.25, -0.2) is 0 Å². The van der Waals surface area contributed by atoms with Crippen molar-refractivity contribution >= 4 is 11.6 Å². The van der Waals surface area contributed by atoms with E-state index in [1.54, 1.807) is 6.20 Å². The zero-order valence-electron chi connectivity index (χ0n) is 11.5. The number of hydrogen-bond donors (Lipinski definition) is 1. The number of nitrogens with one attached hydrogen (secondary N) is 1. The molecule has 0 bridgehead atoms. The molecule has 1 aliphatic rings. The highest BCUT2D eigenvalue weighted by Gasteiger charge is 2.23. The molecule has 2 heterocycles.